The number of halogens is 1. The van der Waals surface area contributed by atoms with Crippen LogP contribution in [0.1, 0.15) is 16.8 Å². The highest BCUT2D eigenvalue weighted by atomic mass is 35.5. The van der Waals surface area contributed by atoms with E-state index in [1.807, 2.05) is 37.3 Å². The molecule has 0 bridgehead atoms. The number of benzene rings is 2. The van der Waals surface area contributed by atoms with Crippen molar-refractivity contribution in [1.82, 2.24) is 14.6 Å². The summed E-state index contributed by atoms with van der Waals surface area (Å²) in [5, 5.41) is 3.17. The molecule has 0 radical (unpaired) electrons. The van der Waals surface area contributed by atoms with Crippen molar-refractivity contribution in [3.05, 3.63) is 94.8 Å². The molecule has 1 heterocycles. The van der Waals surface area contributed by atoms with Gasteiger partial charge in [-0.2, -0.15) is 4.31 Å². The first-order valence-corrected chi connectivity index (χ1v) is 11.1. The van der Waals surface area contributed by atoms with Gasteiger partial charge in [0.25, 0.3) is 0 Å². The van der Waals surface area contributed by atoms with E-state index in [1.54, 1.807) is 18.3 Å². The fraction of sp³-hybridized carbons (Fsp3) is 0.182. The zero-order valence-electron chi connectivity index (χ0n) is 16.5. The average Bonchev–Trinajstić information content (AvgIpc) is 2.74. The number of amides is 1. The normalized spacial score (nSPS) is 11.4. The maximum Gasteiger partial charge on any atom is 0.243 e. The summed E-state index contributed by atoms with van der Waals surface area (Å²) in [7, 11) is -3.91. The molecule has 2 aromatic carbocycles. The van der Waals surface area contributed by atoms with Crippen LogP contribution in [0.2, 0.25) is 5.02 Å². The number of nitrogens with one attached hydrogen (secondary N) is 1. The summed E-state index contributed by atoms with van der Waals surface area (Å²) in [6.07, 6.45) is 1.64. The Kier molecular flexibility index (Phi) is 7.20. The fourth-order valence-electron chi connectivity index (χ4n) is 2.79. The van der Waals surface area contributed by atoms with Crippen LogP contribution in [0.5, 0.6) is 0 Å². The fourth-order valence-corrected chi connectivity index (χ4v) is 4.30. The number of carbonyl (C=O) groups is 1. The van der Waals surface area contributed by atoms with Crippen LogP contribution in [0.3, 0.4) is 0 Å². The summed E-state index contributed by atoms with van der Waals surface area (Å²) in [5.74, 6) is -0.412. The van der Waals surface area contributed by atoms with E-state index in [9.17, 15) is 13.2 Å². The molecule has 156 valence electrons. The zero-order valence-corrected chi connectivity index (χ0v) is 18.0. The first-order chi connectivity index (χ1) is 14.3. The number of rotatable bonds is 8. The second kappa shape index (κ2) is 9.84. The number of aromatic nitrogens is 1. The van der Waals surface area contributed by atoms with Crippen molar-refractivity contribution in [2.75, 3.05) is 6.54 Å². The highest BCUT2D eigenvalue weighted by Crippen LogP contribution is 2.20. The van der Waals surface area contributed by atoms with E-state index >= 15 is 0 Å². The molecule has 3 aromatic rings. The smallest absolute Gasteiger partial charge is 0.243 e. The lowest BCUT2D eigenvalue weighted by Gasteiger charge is -2.22. The molecule has 1 N–H and O–H groups in total. The van der Waals surface area contributed by atoms with Crippen molar-refractivity contribution >= 4 is 27.5 Å². The summed E-state index contributed by atoms with van der Waals surface area (Å²) >= 11 is 5.89. The molecule has 0 aliphatic carbocycles. The largest absolute Gasteiger partial charge is 0.349 e. The Labute approximate surface area is 181 Å². The van der Waals surface area contributed by atoms with Crippen molar-refractivity contribution in [3.8, 4) is 0 Å². The lowest BCUT2D eigenvalue weighted by Crippen LogP contribution is -2.40. The van der Waals surface area contributed by atoms with Crippen LogP contribution in [0.4, 0.5) is 0 Å². The van der Waals surface area contributed by atoms with Crippen molar-refractivity contribution < 1.29 is 13.2 Å². The van der Waals surface area contributed by atoms with Gasteiger partial charge in [-0.15, -0.1) is 0 Å². The molecule has 8 heteroatoms. The molecule has 30 heavy (non-hydrogen) atoms. The van der Waals surface area contributed by atoms with Gasteiger partial charge in [-0.1, -0.05) is 47.5 Å². The summed E-state index contributed by atoms with van der Waals surface area (Å²) in [6.45, 7) is 1.93. The molecule has 6 nitrogen and oxygen atoms in total. The predicted molar refractivity (Wildman–Crippen MR) is 116 cm³/mol. The van der Waals surface area contributed by atoms with Gasteiger partial charge >= 0.3 is 0 Å². The monoisotopic (exact) mass is 443 g/mol. The molecule has 0 aliphatic heterocycles. The Balaban J connectivity index is 1.80. The minimum absolute atomic E-state index is 0.0717. The van der Waals surface area contributed by atoms with Gasteiger partial charge in [-0.05, 0) is 48.9 Å². The Morgan fingerprint density at radius 2 is 1.73 bits per heavy atom. The minimum atomic E-state index is -3.91. The van der Waals surface area contributed by atoms with E-state index in [1.165, 1.54) is 24.3 Å². The maximum atomic E-state index is 13.2. The summed E-state index contributed by atoms with van der Waals surface area (Å²) in [4.78, 5) is 16.8. The van der Waals surface area contributed by atoms with Gasteiger partial charge in [0.2, 0.25) is 15.9 Å². The van der Waals surface area contributed by atoms with Crippen LogP contribution in [-0.4, -0.2) is 30.2 Å². The topological polar surface area (TPSA) is 79.4 Å². The number of sulfonamides is 1. The third-order valence-electron chi connectivity index (χ3n) is 4.44. The second-order valence-electron chi connectivity index (χ2n) is 6.81. The molecule has 0 atom stereocenters. The van der Waals surface area contributed by atoms with Gasteiger partial charge in [-0.25, -0.2) is 8.42 Å². The van der Waals surface area contributed by atoms with Gasteiger partial charge in [0, 0.05) is 17.8 Å². The van der Waals surface area contributed by atoms with Crippen molar-refractivity contribution in [2.45, 2.75) is 24.9 Å². The minimum Gasteiger partial charge on any atom is -0.349 e. The first-order valence-electron chi connectivity index (χ1n) is 9.32. The quantitative estimate of drug-likeness (QED) is 0.577. The number of nitrogens with zero attached hydrogens (tertiary/aromatic N) is 2. The predicted octanol–water partition coefficient (Wildman–Crippen LogP) is 3.55. The molecule has 0 saturated heterocycles. The van der Waals surface area contributed by atoms with Crippen LogP contribution < -0.4 is 5.32 Å². The van der Waals surface area contributed by atoms with Crippen LogP contribution >= 0.6 is 11.6 Å². The van der Waals surface area contributed by atoms with Gasteiger partial charge in [0.05, 0.1) is 23.7 Å². The first kappa shape index (κ1) is 22.0. The van der Waals surface area contributed by atoms with E-state index in [2.05, 4.69) is 10.3 Å². The molecule has 0 spiro atoms. The van der Waals surface area contributed by atoms with Gasteiger partial charge in [0.1, 0.15) is 0 Å². The van der Waals surface area contributed by atoms with Crippen LogP contribution in [-0.2, 0) is 27.9 Å². The molecular weight excluding hydrogens is 422 g/mol. The highest BCUT2D eigenvalue weighted by molar-refractivity contribution is 7.89. The van der Waals surface area contributed by atoms with Crippen molar-refractivity contribution in [2.24, 2.45) is 0 Å². The number of aryl methyl sites for hydroxylation is 1. The van der Waals surface area contributed by atoms with Gasteiger partial charge in [0.15, 0.2) is 0 Å². The molecule has 1 amide bonds. The molecule has 0 fully saturated rings. The molecular formula is C22H22ClN3O3S. The van der Waals surface area contributed by atoms with E-state index in [0.717, 1.165) is 15.4 Å². The summed E-state index contributed by atoms with van der Waals surface area (Å²) in [5.41, 5.74) is 2.55. The number of pyridine rings is 1. The maximum absolute atomic E-state index is 13.2. The third-order valence-corrected chi connectivity index (χ3v) is 6.50. The SMILES string of the molecule is Cc1ccc(CN(CC(=O)NCc2ccccn2)S(=O)(=O)c2ccc(Cl)cc2)cc1. The molecule has 1 aromatic heterocycles. The number of carbonyl (C=O) groups excluding carboxylic acids is 1. The molecule has 3 rings (SSSR count). The standard InChI is InChI=1S/C22H22ClN3O3S/c1-17-5-7-18(8-6-17)15-26(30(28,29)21-11-9-19(23)10-12-21)16-22(27)25-14-20-4-2-3-13-24-20/h2-13H,14-16H2,1H3,(H,25,27). The van der Waals surface area contributed by atoms with Crippen LogP contribution in [0, 0.1) is 6.92 Å². The van der Waals surface area contributed by atoms with E-state index in [4.69, 9.17) is 11.6 Å². The van der Waals surface area contributed by atoms with Crippen molar-refractivity contribution in [3.63, 3.8) is 0 Å². The molecule has 0 saturated carbocycles. The average molecular weight is 444 g/mol. The van der Waals surface area contributed by atoms with E-state index in [0.29, 0.717) is 10.7 Å². The zero-order chi connectivity index (χ0) is 21.6. The number of hydrogen-bond donors (Lipinski definition) is 1. The van der Waals surface area contributed by atoms with Crippen molar-refractivity contribution in [1.29, 1.82) is 0 Å². The lowest BCUT2D eigenvalue weighted by atomic mass is 10.1. The summed E-state index contributed by atoms with van der Waals surface area (Å²) in [6, 6.07) is 18.8. The molecule has 0 unspecified atom stereocenters. The Hall–Kier alpha value is -2.74. The summed E-state index contributed by atoms with van der Waals surface area (Å²) < 4.78 is 27.6. The Morgan fingerprint density at radius 3 is 2.37 bits per heavy atom. The third kappa shape index (κ3) is 5.89. The molecule has 0 aliphatic rings. The van der Waals surface area contributed by atoms with Crippen LogP contribution in [0.15, 0.2) is 77.8 Å². The second-order valence-corrected chi connectivity index (χ2v) is 9.18. The Morgan fingerprint density at radius 1 is 1.03 bits per heavy atom. The number of hydrogen-bond acceptors (Lipinski definition) is 4. The van der Waals surface area contributed by atoms with E-state index < -0.39 is 15.9 Å². The van der Waals surface area contributed by atoms with Crippen LogP contribution in [0.25, 0.3) is 0 Å². The Bertz CT molecular complexity index is 1090. The van der Waals surface area contributed by atoms with Gasteiger partial charge in [-0.3, -0.25) is 9.78 Å². The highest BCUT2D eigenvalue weighted by Gasteiger charge is 2.27. The van der Waals surface area contributed by atoms with Gasteiger partial charge < -0.3 is 5.32 Å². The van der Waals surface area contributed by atoms with E-state index in [-0.39, 0.29) is 24.5 Å². The lowest BCUT2D eigenvalue weighted by molar-refractivity contribution is -0.121.